The molecule has 0 bridgehead atoms. The molecule has 5 rings (SSSR count). The first-order valence-electron chi connectivity index (χ1n) is 11.5. The van der Waals surface area contributed by atoms with Crippen LogP contribution in [0.3, 0.4) is 0 Å². The number of likely N-dealkylation sites (tertiary alicyclic amines) is 1. The highest BCUT2D eigenvalue weighted by atomic mass is 16.2. The van der Waals surface area contributed by atoms with Crippen molar-refractivity contribution in [2.24, 2.45) is 0 Å². The Morgan fingerprint density at radius 3 is 2.51 bits per heavy atom. The van der Waals surface area contributed by atoms with E-state index in [0.717, 1.165) is 48.0 Å². The van der Waals surface area contributed by atoms with E-state index in [2.05, 4.69) is 53.5 Å². The van der Waals surface area contributed by atoms with E-state index in [1.165, 1.54) is 19.3 Å². The molecule has 0 spiro atoms. The zero-order chi connectivity index (χ0) is 24.4. The number of piperidine rings is 1. The summed E-state index contributed by atoms with van der Waals surface area (Å²) < 4.78 is 2.06. The van der Waals surface area contributed by atoms with Crippen molar-refractivity contribution in [3.8, 4) is 11.1 Å². The van der Waals surface area contributed by atoms with Gasteiger partial charge in [-0.25, -0.2) is 4.98 Å². The molecule has 1 saturated heterocycles. The van der Waals surface area contributed by atoms with Gasteiger partial charge in [0, 0.05) is 42.2 Å². The Bertz CT molecular complexity index is 1370. The van der Waals surface area contributed by atoms with Crippen LogP contribution in [0.15, 0.2) is 55.2 Å². The van der Waals surface area contributed by atoms with E-state index in [-0.39, 0.29) is 17.5 Å². The normalized spacial score (nSPS) is 14.7. The minimum atomic E-state index is -0.365. The van der Waals surface area contributed by atoms with E-state index in [0.29, 0.717) is 17.4 Å². The highest BCUT2D eigenvalue weighted by Crippen LogP contribution is 2.27. The third kappa shape index (κ3) is 4.87. The lowest BCUT2D eigenvalue weighted by Gasteiger charge is -2.28. The van der Waals surface area contributed by atoms with Crippen LogP contribution < -0.4 is 10.6 Å². The van der Waals surface area contributed by atoms with Gasteiger partial charge in [0.05, 0.1) is 29.5 Å². The summed E-state index contributed by atoms with van der Waals surface area (Å²) in [5.41, 5.74) is 3.25. The van der Waals surface area contributed by atoms with Crippen LogP contribution in [0.4, 0.5) is 5.82 Å². The molecule has 5 heterocycles. The average Bonchev–Trinajstić information content (AvgIpc) is 3.38. The lowest BCUT2D eigenvalue weighted by molar-refractivity contribution is 0.0955. The van der Waals surface area contributed by atoms with Gasteiger partial charge in [-0.3, -0.25) is 24.2 Å². The molecular weight excluding hydrogens is 444 g/mol. The quantitative estimate of drug-likeness (QED) is 0.460. The molecule has 0 aromatic carbocycles. The summed E-state index contributed by atoms with van der Waals surface area (Å²) in [5, 5.41) is 10.7. The number of aromatic nitrogens is 5. The van der Waals surface area contributed by atoms with E-state index in [9.17, 15) is 9.59 Å². The number of amides is 2. The molecule has 0 unspecified atom stereocenters. The summed E-state index contributed by atoms with van der Waals surface area (Å²) >= 11 is 0. The van der Waals surface area contributed by atoms with Crippen LogP contribution in [0.1, 0.15) is 39.7 Å². The van der Waals surface area contributed by atoms with Crippen molar-refractivity contribution in [3.63, 3.8) is 0 Å². The predicted octanol–water partition coefficient (Wildman–Crippen LogP) is 2.77. The van der Waals surface area contributed by atoms with E-state index in [4.69, 9.17) is 0 Å². The van der Waals surface area contributed by atoms with Crippen molar-refractivity contribution in [1.82, 2.24) is 34.9 Å². The Kier molecular flexibility index (Phi) is 6.19. The molecule has 178 valence electrons. The highest BCUT2D eigenvalue weighted by molar-refractivity contribution is 6.04. The van der Waals surface area contributed by atoms with Gasteiger partial charge in [-0.2, -0.15) is 5.10 Å². The fourth-order valence-electron chi connectivity index (χ4n) is 4.18. The van der Waals surface area contributed by atoms with E-state index < -0.39 is 0 Å². The molecule has 2 amide bonds. The number of hydrogen-bond donors (Lipinski definition) is 2. The molecule has 10 nitrogen and oxygen atoms in total. The van der Waals surface area contributed by atoms with Crippen LogP contribution in [0, 0.1) is 0 Å². The standard InChI is InChI=1S/C25H26N8O2/c1-26-25(35)21-4-3-16(11-27-21)24(34)31-23-10-17-9-18(12-28-22(17)14-29-23)19-13-30-33(15-19)20-5-7-32(2)8-6-20/h3-4,9-15,20H,5-8H2,1-2H3,(H,26,35)(H,29,31,34). The molecular formula is C25H26N8O2. The van der Waals surface area contributed by atoms with Crippen molar-refractivity contribution < 1.29 is 9.59 Å². The average molecular weight is 471 g/mol. The Morgan fingerprint density at radius 2 is 1.77 bits per heavy atom. The Morgan fingerprint density at radius 1 is 0.943 bits per heavy atom. The van der Waals surface area contributed by atoms with Gasteiger partial charge in [-0.15, -0.1) is 0 Å². The largest absolute Gasteiger partial charge is 0.354 e. The lowest BCUT2D eigenvalue weighted by atomic mass is 10.1. The number of rotatable bonds is 5. The number of carbonyl (C=O) groups is 2. The molecule has 0 saturated carbocycles. The Labute approximate surface area is 202 Å². The zero-order valence-corrected chi connectivity index (χ0v) is 19.6. The van der Waals surface area contributed by atoms with Gasteiger partial charge in [0.1, 0.15) is 11.5 Å². The van der Waals surface area contributed by atoms with Crippen LogP contribution in [-0.2, 0) is 0 Å². The third-order valence-electron chi connectivity index (χ3n) is 6.29. The molecule has 2 N–H and O–H groups in total. The third-order valence-corrected chi connectivity index (χ3v) is 6.29. The summed E-state index contributed by atoms with van der Waals surface area (Å²) in [7, 11) is 3.68. The number of carbonyl (C=O) groups excluding carboxylic acids is 2. The molecule has 4 aromatic rings. The maximum Gasteiger partial charge on any atom is 0.269 e. The molecule has 1 aliphatic rings. The molecule has 1 fully saturated rings. The van der Waals surface area contributed by atoms with Crippen LogP contribution in [0.5, 0.6) is 0 Å². The summed E-state index contributed by atoms with van der Waals surface area (Å²) in [6, 6.07) is 7.28. The lowest BCUT2D eigenvalue weighted by Crippen LogP contribution is -2.31. The first-order valence-corrected chi connectivity index (χ1v) is 11.5. The van der Waals surface area contributed by atoms with Gasteiger partial charge in [0.15, 0.2) is 0 Å². The van der Waals surface area contributed by atoms with Crippen molar-refractivity contribution in [3.05, 3.63) is 66.5 Å². The maximum atomic E-state index is 12.6. The van der Waals surface area contributed by atoms with Crippen LogP contribution in [-0.4, -0.2) is 68.6 Å². The summed E-state index contributed by atoms with van der Waals surface area (Å²) in [5.74, 6) is -0.275. The molecule has 4 aromatic heterocycles. The van der Waals surface area contributed by atoms with Gasteiger partial charge in [-0.1, -0.05) is 0 Å². The second-order valence-electron chi connectivity index (χ2n) is 8.70. The first-order chi connectivity index (χ1) is 17.0. The van der Waals surface area contributed by atoms with Gasteiger partial charge in [0.2, 0.25) is 0 Å². The number of nitrogens with zero attached hydrogens (tertiary/aromatic N) is 6. The fraction of sp³-hybridized carbons (Fsp3) is 0.280. The van der Waals surface area contributed by atoms with Crippen LogP contribution >= 0.6 is 0 Å². The minimum Gasteiger partial charge on any atom is -0.354 e. The maximum absolute atomic E-state index is 12.6. The van der Waals surface area contributed by atoms with Gasteiger partial charge < -0.3 is 15.5 Å². The summed E-state index contributed by atoms with van der Waals surface area (Å²) in [6.45, 7) is 2.15. The van der Waals surface area contributed by atoms with Crippen molar-refractivity contribution in [2.45, 2.75) is 18.9 Å². The monoisotopic (exact) mass is 470 g/mol. The fourth-order valence-corrected chi connectivity index (χ4v) is 4.18. The van der Waals surface area contributed by atoms with E-state index in [1.54, 1.807) is 18.3 Å². The summed E-state index contributed by atoms with van der Waals surface area (Å²) in [6.07, 6.45) is 10.9. The number of hydrogen-bond acceptors (Lipinski definition) is 7. The molecule has 35 heavy (non-hydrogen) atoms. The SMILES string of the molecule is CNC(=O)c1ccc(C(=O)Nc2cc3cc(-c4cnn(C5CCN(C)CC5)c4)cnc3cn2)cn1. The molecule has 0 atom stereocenters. The van der Waals surface area contributed by atoms with E-state index >= 15 is 0 Å². The minimum absolute atomic E-state index is 0.241. The Balaban J connectivity index is 1.33. The number of anilines is 1. The molecule has 0 aliphatic carbocycles. The zero-order valence-electron chi connectivity index (χ0n) is 19.6. The second-order valence-corrected chi connectivity index (χ2v) is 8.70. The van der Waals surface area contributed by atoms with Crippen LogP contribution in [0.2, 0.25) is 0 Å². The number of fused-ring (bicyclic) bond motifs is 1. The van der Waals surface area contributed by atoms with Crippen molar-refractivity contribution in [2.75, 3.05) is 32.5 Å². The van der Waals surface area contributed by atoms with E-state index in [1.807, 2.05) is 18.5 Å². The Hall–Kier alpha value is -4.18. The topological polar surface area (TPSA) is 118 Å². The number of pyridine rings is 3. The van der Waals surface area contributed by atoms with Gasteiger partial charge in [-0.05, 0) is 57.2 Å². The first kappa shape index (κ1) is 22.6. The highest BCUT2D eigenvalue weighted by Gasteiger charge is 2.19. The second kappa shape index (κ2) is 9.59. The van der Waals surface area contributed by atoms with Crippen LogP contribution in [0.25, 0.3) is 22.0 Å². The number of nitrogens with one attached hydrogen (secondary N) is 2. The smallest absolute Gasteiger partial charge is 0.269 e. The van der Waals surface area contributed by atoms with Crippen molar-refractivity contribution >= 4 is 28.5 Å². The molecule has 1 aliphatic heterocycles. The summed E-state index contributed by atoms with van der Waals surface area (Å²) in [4.78, 5) is 39.5. The molecule has 10 heteroatoms. The van der Waals surface area contributed by atoms with Gasteiger partial charge in [0.25, 0.3) is 11.8 Å². The van der Waals surface area contributed by atoms with Gasteiger partial charge >= 0.3 is 0 Å². The predicted molar refractivity (Wildman–Crippen MR) is 132 cm³/mol. The molecule has 0 radical (unpaired) electrons. The van der Waals surface area contributed by atoms with Crippen molar-refractivity contribution in [1.29, 1.82) is 0 Å².